The molecule has 102 valence electrons. The van der Waals surface area contributed by atoms with Crippen molar-refractivity contribution < 1.29 is 4.39 Å². The maximum atomic E-state index is 13.3. The van der Waals surface area contributed by atoms with Gasteiger partial charge in [-0.25, -0.2) is 4.39 Å². The Morgan fingerprint density at radius 1 is 1.20 bits per heavy atom. The molecule has 0 saturated carbocycles. The topological polar surface area (TPSA) is 27.1 Å². The molecule has 0 radical (unpaired) electrons. The Kier molecular flexibility index (Phi) is 3.05. The highest BCUT2D eigenvalue weighted by Crippen LogP contribution is 2.32. The standard InChI is InChI=1S/C17H17FN2/c1-11-5-3-4-6-15(11)12(2)20-10-13-7-8-14(18)9-16(13)17(20)19/h3-9,12,19H,10H2,1-2H3. The van der Waals surface area contributed by atoms with Gasteiger partial charge in [0.15, 0.2) is 0 Å². The van der Waals surface area contributed by atoms with Gasteiger partial charge < -0.3 is 4.90 Å². The minimum Gasteiger partial charge on any atom is -0.345 e. The van der Waals surface area contributed by atoms with Crippen LogP contribution < -0.4 is 0 Å². The summed E-state index contributed by atoms with van der Waals surface area (Å²) in [6.07, 6.45) is 0. The Bertz CT molecular complexity index is 678. The summed E-state index contributed by atoms with van der Waals surface area (Å²) in [7, 11) is 0. The molecule has 0 aliphatic carbocycles. The smallest absolute Gasteiger partial charge is 0.129 e. The van der Waals surface area contributed by atoms with Gasteiger partial charge in [0.2, 0.25) is 0 Å². The van der Waals surface area contributed by atoms with E-state index >= 15 is 0 Å². The van der Waals surface area contributed by atoms with Gasteiger partial charge in [-0.3, -0.25) is 5.41 Å². The third-order valence-electron chi connectivity index (χ3n) is 4.06. The molecule has 1 aliphatic heterocycles. The summed E-state index contributed by atoms with van der Waals surface area (Å²) in [6, 6.07) is 13.0. The summed E-state index contributed by atoms with van der Waals surface area (Å²) in [5.74, 6) is 0.133. The van der Waals surface area contributed by atoms with Crippen LogP contribution in [0.25, 0.3) is 0 Å². The van der Waals surface area contributed by atoms with E-state index < -0.39 is 0 Å². The van der Waals surface area contributed by atoms with Crippen LogP contribution in [0.15, 0.2) is 42.5 Å². The van der Waals surface area contributed by atoms with E-state index in [0.29, 0.717) is 17.9 Å². The Labute approximate surface area is 118 Å². The van der Waals surface area contributed by atoms with Crippen LogP contribution in [0.2, 0.25) is 0 Å². The van der Waals surface area contributed by atoms with Crippen LogP contribution in [0.1, 0.15) is 35.2 Å². The van der Waals surface area contributed by atoms with E-state index in [0.717, 1.165) is 5.56 Å². The first-order chi connectivity index (χ1) is 9.58. The number of hydrogen-bond acceptors (Lipinski definition) is 1. The minimum absolute atomic E-state index is 0.110. The van der Waals surface area contributed by atoms with E-state index in [1.54, 1.807) is 6.07 Å². The molecular formula is C17H17FN2. The predicted molar refractivity (Wildman–Crippen MR) is 78.4 cm³/mol. The van der Waals surface area contributed by atoms with E-state index in [1.807, 2.05) is 17.0 Å². The summed E-state index contributed by atoms with van der Waals surface area (Å²) in [4.78, 5) is 2.02. The first-order valence-electron chi connectivity index (χ1n) is 6.77. The quantitative estimate of drug-likeness (QED) is 0.874. The maximum absolute atomic E-state index is 13.3. The zero-order chi connectivity index (χ0) is 14.3. The molecule has 1 atom stereocenters. The van der Waals surface area contributed by atoms with Gasteiger partial charge in [0.25, 0.3) is 0 Å². The van der Waals surface area contributed by atoms with Gasteiger partial charge in [-0.1, -0.05) is 30.3 Å². The van der Waals surface area contributed by atoms with Crippen molar-refractivity contribution in [1.29, 1.82) is 5.41 Å². The molecule has 0 spiro atoms. The largest absolute Gasteiger partial charge is 0.345 e. The van der Waals surface area contributed by atoms with Gasteiger partial charge in [-0.2, -0.15) is 0 Å². The van der Waals surface area contributed by atoms with E-state index in [9.17, 15) is 4.39 Å². The summed E-state index contributed by atoms with van der Waals surface area (Å²) < 4.78 is 13.3. The normalized spacial score (nSPS) is 15.3. The first kappa shape index (κ1) is 12.9. The zero-order valence-corrected chi connectivity index (χ0v) is 11.7. The lowest BCUT2D eigenvalue weighted by atomic mass is 10.0. The second kappa shape index (κ2) is 4.75. The van der Waals surface area contributed by atoms with E-state index in [4.69, 9.17) is 5.41 Å². The fourth-order valence-electron chi connectivity index (χ4n) is 2.88. The molecular weight excluding hydrogens is 251 g/mol. The molecule has 2 aromatic rings. The molecule has 2 nitrogen and oxygen atoms in total. The van der Waals surface area contributed by atoms with Gasteiger partial charge in [0.05, 0.1) is 6.04 Å². The van der Waals surface area contributed by atoms with Gasteiger partial charge >= 0.3 is 0 Å². The molecule has 0 saturated heterocycles. The maximum Gasteiger partial charge on any atom is 0.129 e. The average molecular weight is 268 g/mol. The lowest BCUT2D eigenvalue weighted by molar-refractivity contribution is 0.340. The van der Waals surface area contributed by atoms with Gasteiger partial charge in [-0.05, 0) is 42.7 Å². The van der Waals surface area contributed by atoms with Crippen molar-refractivity contribution in [1.82, 2.24) is 4.90 Å². The Morgan fingerprint density at radius 2 is 1.95 bits per heavy atom. The molecule has 0 bridgehead atoms. The van der Waals surface area contributed by atoms with Crippen LogP contribution >= 0.6 is 0 Å². The van der Waals surface area contributed by atoms with Gasteiger partial charge in [0, 0.05) is 12.1 Å². The average Bonchev–Trinajstić information content (AvgIpc) is 2.76. The highest BCUT2D eigenvalue weighted by atomic mass is 19.1. The molecule has 0 aromatic heterocycles. The number of nitrogens with one attached hydrogen (secondary N) is 1. The van der Waals surface area contributed by atoms with Crippen LogP contribution in [0, 0.1) is 18.2 Å². The summed E-state index contributed by atoms with van der Waals surface area (Å²) in [6.45, 7) is 4.85. The van der Waals surface area contributed by atoms with Crippen molar-refractivity contribution in [2.75, 3.05) is 0 Å². The highest BCUT2D eigenvalue weighted by Gasteiger charge is 2.29. The monoisotopic (exact) mass is 268 g/mol. The Balaban J connectivity index is 1.94. The summed E-state index contributed by atoms with van der Waals surface area (Å²) >= 11 is 0. The Morgan fingerprint density at radius 3 is 2.70 bits per heavy atom. The van der Waals surface area contributed by atoms with E-state index in [-0.39, 0.29) is 11.9 Å². The van der Waals surface area contributed by atoms with E-state index in [2.05, 4.69) is 26.0 Å². The number of fused-ring (bicyclic) bond motifs is 1. The molecule has 0 fully saturated rings. The summed E-state index contributed by atoms with van der Waals surface area (Å²) in [5.41, 5.74) is 4.17. The second-order valence-corrected chi connectivity index (χ2v) is 5.31. The molecule has 1 aliphatic rings. The molecule has 3 heteroatoms. The first-order valence-corrected chi connectivity index (χ1v) is 6.77. The fraction of sp³-hybridized carbons (Fsp3) is 0.235. The van der Waals surface area contributed by atoms with Crippen LogP contribution in [0.3, 0.4) is 0 Å². The van der Waals surface area contributed by atoms with Crippen molar-refractivity contribution in [2.24, 2.45) is 0 Å². The van der Waals surface area contributed by atoms with Gasteiger partial charge in [-0.15, -0.1) is 0 Å². The number of nitrogens with zero attached hydrogens (tertiary/aromatic N) is 1. The SMILES string of the molecule is Cc1ccccc1C(C)N1Cc2ccc(F)cc2C1=N. The number of hydrogen-bond donors (Lipinski definition) is 1. The number of rotatable bonds is 2. The van der Waals surface area contributed by atoms with Crippen LogP contribution in [-0.4, -0.2) is 10.7 Å². The second-order valence-electron chi connectivity index (χ2n) is 5.31. The highest BCUT2D eigenvalue weighted by molar-refractivity contribution is 6.00. The molecule has 1 heterocycles. The van der Waals surface area contributed by atoms with Crippen molar-refractivity contribution in [2.45, 2.75) is 26.4 Å². The lowest BCUT2D eigenvalue weighted by Crippen LogP contribution is -2.27. The number of benzene rings is 2. The Hall–Kier alpha value is -2.16. The van der Waals surface area contributed by atoms with Crippen molar-refractivity contribution in [3.8, 4) is 0 Å². The van der Waals surface area contributed by atoms with Crippen molar-refractivity contribution >= 4 is 5.84 Å². The van der Waals surface area contributed by atoms with Crippen LogP contribution in [0.4, 0.5) is 4.39 Å². The number of amidine groups is 1. The van der Waals surface area contributed by atoms with Crippen LogP contribution in [-0.2, 0) is 6.54 Å². The number of aryl methyl sites for hydroxylation is 1. The summed E-state index contributed by atoms with van der Waals surface area (Å²) in [5, 5.41) is 8.29. The lowest BCUT2D eigenvalue weighted by Gasteiger charge is -2.27. The number of halogens is 1. The zero-order valence-electron chi connectivity index (χ0n) is 11.7. The van der Waals surface area contributed by atoms with Crippen molar-refractivity contribution in [3.05, 3.63) is 70.5 Å². The molecule has 0 amide bonds. The van der Waals surface area contributed by atoms with Gasteiger partial charge in [0.1, 0.15) is 11.7 Å². The third kappa shape index (κ3) is 1.99. The predicted octanol–water partition coefficient (Wildman–Crippen LogP) is 4.04. The van der Waals surface area contributed by atoms with Crippen LogP contribution in [0.5, 0.6) is 0 Å². The molecule has 3 rings (SSSR count). The molecule has 20 heavy (non-hydrogen) atoms. The van der Waals surface area contributed by atoms with Crippen molar-refractivity contribution in [3.63, 3.8) is 0 Å². The minimum atomic E-state index is -0.279. The molecule has 2 aromatic carbocycles. The molecule has 1 unspecified atom stereocenters. The fourth-order valence-corrected chi connectivity index (χ4v) is 2.88. The molecule has 1 N–H and O–H groups in total. The van der Waals surface area contributed by atoms with E-state index in [1.165, 1.54) is 23.3 Å². The third-order valence-corrected chi connectivity index (χ3v) is 4.06.